The molecule has 3 nitrogen and oxygen atoms in total. The molecule has 0 aliphatic carbocycles. The average Bonchev–Trinajstić information content (AvgIpc) is 2.74. The molecule has 2 aliphatic rings. The molecule has 2 fully saturated rings. The van der Waals surface area contributed by atoms with Crippen molar-refractivity contribution in [2.75, 3.05) is 26.3 Å². The normalized spacial score (nSPS) is 32.1. The molecule has 0 saturated carbocycles. The number of rotatable bonds is 2. The summed E-state index contributed by atoms with van der Waals surface area (Å²) in [4.78, 5) is 2.48. The van der Waals surface area contributed by atoms with Crippen molar-refractivity contribution in [3.05, 3.63) is 0 Å². The topological polar surface area (TPSA) is 21.7 Å². The molecule has 2 heterocycles. The summed E-state index contributed by atoms with van der Waals surface area (Å²) in [6.45, 7) is 10.3. The largest absolute Gasteiger partial charge is 0.346 e. The molecule has 14 heavy (non-hydrogen) atoms. The van der Waals surface area contributed by atoms with E-state index in [-0.39, 0.29) is 5.79 Å². The van der Waals surface area contributed by atoms with Crippen molar-refractivity contribution in [1.29, 1.82) is 0 Å². The molecule has 1 atom stereocenters. The molecule has 0 N–H and O–H groups in total. The van der Waals surface area contributed by atoms with Gasteiger partial charge in [-0.2, -0.15) is 0 Å². The monoisotopic (exact) mass is 199 g/mol. The zero-order valence-electron chi connectivity index (χ0n) is 9.45. The van der Waals surface area contributed by atoms with Gasteiger partial charge in [-0.25, -0.2) is 0 Å². The molecule has 3 heteroatoms. The van der Waals surface area contributed by atoms with E-state index in [9.17, 15) is 0 Å². The molecule has 0 amide bonds. The van der Waals surface area contributed by atoms with Crippen molar-refractivity contribution >= 4 is 0 Å². The minimum atomic E-state index is -0.259. The molecule has 2 saturated heterocycles. The summed E-state index contributed by atoms with van der Waals surface area (Å²) in [6.07, 6.45) is 1.04. The lowest BCUT2D eigenvalue weighted by Gasteiger charge is -2.24. The van der Waals surface area contributed by atoms with Gasteiger partial charge in [-0.15, -0.1) is 0 Å². The van der Waals surface area contributed by atoms with Crippen LogP contribution in [0.5, 0.6) is 0 Å². The number of likely N-dealkylation sites (tertiary alicyclic amines) is 1. The van der Waals surface area contributed by atoms with Crippen LogP contribution in [0.4, 0.5) is 0 Å². The first-order chi connectivity index (χ1) is 6.67. The number of likely N-dealkylation sites (N-methyl/N-ethyl adjacent to an activating group) is 1. The van der Waals surface area contributed by atoms with E-state index in [1.165, 1.54) is 0 Å². The van der Waals surface area contributed by atoms with Crippen LogP contribution in [0.1, 0.15) is 27.2 Å². The Kier molecular flexibility index (Phi) is 2.82. The van der Waals surface area contributed by atoms with Crippen molar-refractivity contribution in [2.45, 2.75) is 39.0 Å². The minimum Gasteiger partial charge on any atom is -0.346 e. The zero-order chi connectivity index (χ0) is 10.2. The van der Waals surface area contributed by atoms with Crippen molar-refractivity contribution in [1.82, 2.24) is 4.90 Å². The predicted octanol–water partition coefficient (Wildman–Crippen LogP) is 1.48. The average molecular weight is 199 g/mol. The summed E-state index contributed by atoms with van der Waals surface area (Å²) < 4.78 is 11.5. The highest BCUT2D eigenvalue weighted by Gasteiger charge is 2.48. The van der Waals surface area contributed by atoms with Gasteiger partial charge in [0.25, 0.3) is 0 Å². The summed E-state index contributed by atoms with van der Waals surface area (Å²) >= 11 is 0. The Morgan fingerprint density at radius 1 is 1.36 bits per heavy atom. The molecule has 0 unspecified atom stereocenters. The van der Waals surface area contributed by atoms with Gasteiger partial charge in [-0.1, -0.05) is 20.8 Å². The van der Waals surface area contributed by atoms with Crippen molar-refractivity contribution < 1.29 is 9.47 Å². The molecule has 82 valence electrons. The Morgan fingerprint density at radius 2 is 2.00 bits per heavy atom. The fourth-order valence-corrected chi connectivity index (χ4v) is 2.65. The fraction of sp³-hybridized carbons (Fsp3) is 1.00. The van der Waals surface area contributed by atoms with E-state index in [1.807, 2.05) is 0 Å². The third kappa shape index (κ3) is 1.69. The quantitative estimate of drug-likeness (QED) is 0.672. The molecule has 2 aliphatic heterocycles. The second-order valence-electron chi connectivity index (χ2n) is 4.69. The molecule has 0 radical (unpaired) electrons. The summed E-state index contributed by atoms with van der Waals surface area (Å²) in [5.41, 5.74) is 0. The lowest BCUT2D eigenvalue weighted by Crippen LogP contribution is -2.35. The first kappa shape index (κ1) is 10.4. The summed E-state index contributed by atoms with van der Waals surface area (Å²) in [5.74, 6) is 0.424. The van der Waals surface area contributed by atoms with Gasteiger partial charge in [0.15, 0.2) is 5.79 Å². The minimum absolute atomic E-state index is 0.259. The lowest BCUT2D eigenvalue weighted by molar-refractivity contribution is -0.145. The third-order valence-electron chi connectivity index (χ3n) is 3.42. The second-order valence-corrected chi connectivity index (χ2v) is 4.69. The standard InChI is InChI=1S/C11H21NO2/c1-4-12-8-11(13-5-6-14-11)7-10(12)9(2)3/h9-10H,4-8H2,1-3H3/t10-/m0/s1. The maximum Gasteiger partial charge on any atom is 0.182 e. The molecule has 0 bridgehead atoms. The van der Waals surface area contributed by atoms with Crippen LogP contribution in [0.2, 0.25) is 0 Å². The van der Waals surface area contributed by atoms with E-state index in [1.54, 1.807) is 0 Å². The van der Waals surface area contributed by atoms with Crippen LogP contribution < -0.4 is 0 Å². The summed E-state index contributed by atoms with van der Waals surface area (Å²) in [5, 5.41) is 0. The maximum absolute atomic E-state index is 5.75. The Morgan fingerprint density at radius 3 is 2.43 bits per heavy atom. The Labute approximate surface area is 86.4 Å². The molecule has 0 aromatic heterocycles. The van der Waals surface area contributed by atoms with E-state index in [0.717, 1.165) is 32.7 Å². The molecule has 2 rings (SSSR count). The fourth-order valence-electron chi connectivity index (χ4n) is 2.65. The number of nitrogens with zero attached hydrogens (tertiary/aromatic N) is 1. The van der Waals surface area contributed by atoms with Crippen LogP contribution in [-0.4, -0.2) is 43.0 Å². The lowest BCUT2D eigenvalue weighted by atomic mass is 10.0. The van der Waals surface area contributed by atoms with Crippen LogP contribution in [0, 0.1) is 5.92 Å². The number of hydrogen-bond donors (Lipinski definition) is 0. The second kappa shape index (κ2) is 3.80. The summed E-state index contributed by atoms with van der Waals surface area (Å²) in [7, 11) is 0. The van der Waals surface area contributed by atoms with E-state index in [4.69, 9.17) is 9.47 Å². The zero-order valence-corrected chi connectivity index (χ0v) is 9.45. The molecule has 0 aromatic rings. The highest BCUT2D eigenvalue weighted by molar-refractivity contribution is 4.94. The Hall–Kier alpha value is -0.120. The molecular formula is C11H21NO2. The SMILES string of the molecule is CCN1CC2(C[C@H]1C(C)C)OCCO2. The van der Waals surface area contributed by atoms with E-state index < -0.39 is 0 Å². The van der Waals surface area contributed by atoms with Gasteiger partial charge in [0.1, 0.15) is 0 Å². The van der Waals surface area contributed by atoms with E-state index in [0.29, 0.717) is 12.0 Å². The van der Waals surface area contributed by atoms with Crippen molar-refractivity contribution in [3.8, 4) is 0 Å². The van der Waals surface area contributed by atoms with Crippen molar-refractivity contribution in [2.24, 2.45) is 5.92 Å². The van der Waals surface area contributed by atoms with Crippen LogP contribution in [-0.2, 0) is 9.47 Å². The predicted molar refractivity (Wildman–Crippen MR) is 55.1 cm³/mol. The molecule has 0 aromatic carbocycles. The molecule has 1 spiro atoms. The van der Waals surface area contributed by atoms with Crippen LogP contribution >= 0.6 is 0 Å². The smallest absolute Gasteiger partial charge is 0.182 e. The molecular weight excluding hydrogens is 178 g/mol. The highest BCUT2D eigenvalue weighted by Crippen LogP contribution is 2.36. The van der Waals surface area contributed by atoms with Gasteiger partial charge in [0, 0.05) is 12.5 Å². The van der Waals surface area contributed by atoms with Gasteiger partial charge >= 0.3 is 0 Å². The first-order valence-electron chi connectivity index (χ1n) is 5.69. The van der Waals surface area contributed by atoms with Gasteiger partial charge < -0.3 is 9.47 Å². The Balaban J connectivity index is 2.06. The summed E-state index contributed by atoms with van der Waals surface area (Å²) in [6, 6.07) is 0.623. The van der Waals surface area contributed by atoms with Gasteiger partial charge in [-0.05, 0) is 12.5 Å². The van der Waals surface area contributed by atoms with Gasteiger partial charge in [0.2, 0.25) is 0 Å². The van der Waals surface area contributed by atoms with Crippen LogP contribution in [0.15, 0.2) is 0 Å². The van der Waals surface area contributed by atoms with E-state index in [2.05, 4.69) is 25.7 Å². The number of ether oxygens (including phenoxy) is 2. The van der Waals surface area contributed by atoms with Gasteiger partial charge in [-0.3, -0.25) is 4.90 Å². The van der Waals surface area contributed by atoms with Crippen LogP contribution in [0.3, 0.4) is 0 Å². The first-order valence-corrected chi connectivity index (χ1v) is 5.69. The number of hydrogen-bond acceptors (Lipinski definition) is 3. The third-order valence-corrected chi connectivity index (χ3v) is 3.42. The van der Waals surface area contributed by atoms with Crippen LogP contribution in [0.25, 0.3) is 0 Å². The maximum atomic E-state index is 5.75. The van der Waals surface area contributed by atoms with E-state index >= 15 is 0 Å². The highest BCUT2D eigenvalue weighted by atomic mass is 16.7. The van der Waals surface area contributed by atoms with Gasteiger partial charge in [0.05, 0.1) is 19.8 Å². The van der Waals surface area contributed by atoms with Crippen molar-refractivity contribution in [3.63, 3.8) is 0 Å². The Bertz CT molecular complexity index is 199.